The second-order valence-corrected chi connectivity index (χ2v) is 7.69. The van der Waals surface area contributed by atoms with E-state index in [9.17, 15) is 8.42 Å². The van der Waals surface area contributed by atoms with Crippen LogP contribution in [-0.2, 0) is 10.0 Å². The molecule has 0 unspecified atom stereocenters. The van der Waals surface area contributed by atoms with E-state index in [0.717, 1.165) is 12.8 Å². The van der Waals surface area contributed by atoms with E-state index >= 15 is 0 Å². The van der Waals surface area contributed by atoms with Crippen molar-refractivity contribution >= 4 is 40.0 Å². The smallest absolute Gasteiger partial charge is 0.211 e. The molecular weight excluding hydrogens is 415 g/mol. The van der Waals surface area contributed by atoms with Gasteiger partial charge in [-0.2, -0.15) is 0 Å². The first kappa shape index (κ1) is 21.9. The molecule has 0 aromatic carbocycles. The zero-order valence-electron chi connectivity index (χ0n) is 13.8. The van der Waals surface area contributed by atoms with E-state index < -0.39 is 10.0 Å². The third-order valence-electron chi connectivity index (χ3n) is 3.88. The zero-order chi connectivity index (χ0) is 15.7. The van der Waals surface area contributed by atoms with Crippen LogP contribution in [0.5, 0.6) is 0 Å². The van der Waals surface area contributed by atoms with Crippen LogP contribution in [0.25, 0.3) is 0 Å². The van der Waals surface area contributed by atoms with Crippen molar-refractivity contribution in [2.24, 2.45) is 10.7 Å². The number of rotatable bonds is 7. The van der Waals surface area contributed by atoms with Crippen molar-refractivity contribution < 1.29 is 8.42 Å². The molecule has 3 N–H and O–H groups in total. The normalized spacial score (nSPS) is 17.9. The third kappa shape index (κ3) is 9.14. The van der Waals surface area contributed by atoms with E-state index in [1.807, 2.05) is 6.92 Å². The monoisotopic (exact) mass is 446 g/mol. The molecule has 0 aliphatic heterocycles. The minimum atomic E-state index is -3.10. The molecule has 1 rings (SSSR count). The number of nitrogens with one attached hydrogen (secondary N) is 1. The van der Waals surface area contributed by atoms with Crippen LogP contribution in [0.2, 0.25) is 0 Å². The summed E-state index contributed by atoms with van der Waals surface area (Å²) in [4.78, 5) is 4.30. The van der Waals surface area contributed by atoms with Gasteiger partial charge in [-0.05, 0) is 19.3 Å². The van der Waals surface area contributed by atoms with Crippen LogP contribution in [0.3, 0.4) is 0 Å². The summed E-state index contributed by atoms with van der Waals surface area (Å²) in [5.74, 6) is 0.490. The Morgan fingerprint density at radius 2 is 1.86 bits per heavy atom. The fraction of sp³-hybridized carbons (Fsp3) is 0.929. The topological polar surface area (TPSA) is 87.8 Å². The van der Waals surface area contributed by atoms with Crippen molar-refractivity contribution in [1.82, 2.24) is 9.62 Å². The lowest BCUT2D eigenvalue weighted by Crippen LogP contribution is -2.40. The Labute approximate surface area is 152 Å². The van der Waals surface area contributed by atoms with Crippen molar-refractivity contribution in [3.63, 3.8) is 0 Å². The summed E-state index contributed by atoms with van der Waals surface area (Å²) in [6.07, 6.45) is 9.38. The largest absolute Gasteiger partial charge is 0.370 e. The van der Waals surface area contributed by atoms with Crippen molar-refractivity contribution in [2.45, 2.75) is 57.9 Å². The van der Waals surface area contributed by atoms with E-state index in [2.05, 4.69) is 10.3 Å². The molecular formula is C14H31IN4O2S. The van der Waals surface area contributed by atoms with E-state index in [0.29, 0.717) is 38.1 Å². The minimum absolute atomic E-state index is 0. The van der Waals surface area contributed by atoms with Gasteiger partial charge in [0.15, 0.2) is 5.96 Å². The van der Waals surface area contributed by atoms with Gasteiger partial charge >= 0.3 is 0 Å². The highest BCUT2D eigenvalue weighted by atomic mass is 127. The van der Waals surface area contributed by atoms with Gasteiger partial charge in [0.1, 0.15) is 0 Å². The Kier molecular flexibility index (Phi) is 11.4. The maximum Gasteiger partial charge on any atom is 0.211 e. The average Bonchev–Trinajstić information content (AvgIpc) is 2.65. The first-order valence-corrected chi connectivity index (χ1v) is 9.80. The fourth-order valence-electron chi connectivity index (χ4n) is 2.68. The highest BCUT2D eigenvalue weighted by Crippen LogP contribution is 2.16. The molecule has 1 saturated carbocycles. The highest BCUT2D eigenvalue weighted by Gasteiger charge is 2.14. The summed E-state index contributed by atoms with van der Waals surface area (Å²) in [7, 11) is -3.10. The van der Waals surface area contributed by atoms with E-state index in [4.69, 9.17) is 5.73 Å². The Bertz CT molecular complexity index is 421. The van der Waals surface area contributed by atoms with Gasteiger partial charge in [-0.15, -0.1) is 24.0 Å². The van der Waals surface area contributed by atoms with Crippen LogP contribution in [0, 0.1) is 0 Å². The van der Waals surface area contributed by atoms with Gasteiger partial charge in [-0.1, -0.05) is 32.6 Å². The first-order chi connectivity index (χ1) is 9.93. The third-order valence-corrected chi connectivity index (χ3v) is 5.26. The molecule has 0 aromatic heterocycles. The number of aliphatic imine (C=N–C) groups is 1. The van der Waals surface area contributed by atoms with Crippen LogP contribution in [-0.4, -0.2) is 50.6 Å². The average molecular weight is 446 g/mol. The van der Waals surface area contributed by atoms with Gasteiger partial charge in [0.25, 0.3) is 0 Å². The Morgan fingerprint density at radius 3 is 2.36 bits per heavy atom. The van der Waals surface area contributed by atoms with Crippen molar-refractivity contribution in [1.29, 1.82) is 0 Å². The molecule has 0 atom stereocenters. The number of hydrogen-bond acceptors (Lipinski definition) is 3. The van der Waals surface area contributed by atoms with Gasteiger partial charge in [-0.25, -0.2) is 12.7 Å². The first-order valence-electron chi connectivity index (χ1n) is 7.95. The van der Waals surface area contributed by atoms with Gasteiger partial charge in [-0.3, -0.25) is 4.99 Å². The molecule has 0 saturated heterocycles. The van der Waals surface area contributed by atoms with Crippen molar-refractivity contribution in [3.8, 4) is 0 Å². The Morgan fingerprint density at radius 1 is 1.27 bits per heavy atom. The number of guanidine groups is 1. The number of hydrogen-bond donors (Lipinski definition) is 2. The molecule has 132 valence electrons. The second kappa shape index (κ2) is 11.4. The molecule has 22 heavy (non-hydrogen) atoms. The van der Waals surface area contributed by atoms with Gasteiger partial charge in [0, 0.05) is 25.7 Å². The highest BCUT2D eigenvalue weighted by molar-refractivity contribution is 14.0. The van der Waals surface area contributed by atoms with Crippen LogP contribution in [0.4, 0.5) is 0 Å². The second-order valence-electron chi connectivity index (χ2n) is 5.71. The lowest BCUT2D eigenvalue weighted by Gasteiger charge is -2.18. The van der Waals surface area contributed by atoms with Crippen molar-refractivity contribution in [2.75, 3.05) is 25.9 Å². The summed E-state index contributed by atoms with van der Waals surface area (Å²) in [6, 6.07) is 0.444. The Balaban J connectivity index is 0.00000441. The molecule has 0 amide bonds. The van der Waals surface area contributed by atoms with Crippen LogP contribution in [0.1, 0.15) is 51.9 Å². The molecule has 1 aliphatic rings. The molecule has 0 spiro atoms. The predicted molar refractivity (Wildman–Crippen MR) is 103 cm³/mol. The summed E-state index contributed by atoms with van der Waals surface area (Å²) in [6.45, 7) is 3.39. The molecule has 8 heteroatoms. The van der Waals surface area contributed by atoms with E-state index in [-0.39, 0.29) is 24.0 Å². The molecule has 6 nitrogen and oxygen atoms in total. The molecule has 0 aromatic rings. The SMILES string of the molecule is CCN(CCCN=C(N)NC1CCCCCC1)S(C)(=O)=O.I. The number of nitrogens with zero attached hydrogens (tertiary/aromatic N) is 2. The standard InChI is InChI=1S/C14H30N4O2S.HI/c1-3-18(21(2,19)20)12-8-11-16-14(15)17-13-9-6-4-5-7-10-13;/h13H,3-12H2,1-2H3,(H3,15,16,17);1H. The quantitative estimate of drug-likeness (QED) is 0.206. The molecule has 0 heterocycles. The summed E-state index contributed by atoms with van der Waals surface area (Å²) in [5.41, 5.74) is 5.90. The van der Waals surface area contributed by atoms with Crippen LogP contribution < -0.4 is 11.1 Å². The summed E-state index contributed by atoms with van der Waals surface area (Å²) in [5, 5.41) is 3.29. The predicted octanol–water partition coefficient (Wildman–Crippen LogP) is 1.90. The van der Waals surface area contributed by atoms with Gasteiger partial charge < -0.3 is 11.1 Å². The van der Waals surface area contributed by atoms with Gasteiger partial charge in [0.2, 0.25) is 10.0 Å². The number of sulfonamides is 1. The Hall–Kier alpha value is -0.0900. The zero-order valence-corrected chi connectivity index (χ0v) is 16.9. The molecule has 0 radical (unpaired) electrons. The fourth-order valence-corrected chi connectivity index (χ4v) is 3.61. The van der Waals surface area contributed by atoms with Crippen molar-refractivity contribution in [3.05, 3.63) is 0 Å². The molecule has 1 fully saturated rings. The maximum absolute atomic E-state index is 11.4. The summed E-state index contributed by atoms with van der Waals surface area (Å²) >= 11 is 0. The summed E-state index contributed by atoms with van der Waals surface area (Å²) < 4.78 is 24.3. The van der Waals surface area contributed by atoms with Crippen LogP contribution >= 0.6 is 24.0 Å². The van der Waals surface area contributed by atoms with E-state index in [1.165, 1.54) is 36.2 Å². The van der Waals surface area contributed by atoms with Gasteiger partial charge in [0.05, 0.1) is 6.26 Å². The number of nitrogens with two attached hydrogens (primary N) is 1. The number of halogens is 1. The lowest BCUT2D eigenvalue weighted by molar-refractivity contribution is 0.427. The molecule has 1 aliphatic carbocycles. The lowest BCUT2D eigenvalue weighted by atomic mass is 10.1. The minimum Gasteiger partial charge on any atom is -0.370 e. The van der Waals surface area contributed by atoms with E-state index in [1.54, 1.807) is 0 Å². The molecule has 0 bridgehead atoms. The van der Waals surface area contributed by atoms with Crippen LogP contribution in [0.15, 0.2) is 4.99 Å². The maximum atomic E-state index is 11.4.